The molecule has 164 valence electrons. The Bertz CT molecular complexity index is 1180. The van der Waals surface area contributed by atoms with Gasteiger partial charge in [-0.25, -0.2) is 4.39 Å². The molecule has 0 radical (unpaired) electrons. The maximum Gasteiger partial charge on any atom is 0.301 e. The van der Waals surface area contributed by atoms with Gasteiger partial charge in [0.05, 0.1) is 18.2 Å². The number of anilines is 1. The van der Waals surface area contributed by atoms with E-state index in [2.05, 4.69) is 5.16 Å². The lowest BCUT2D eigenvalue weighted by Gasteiger charge is -2.22. The molecule has 8 heteroatoms. The molecule has 1 amide bonds. The SMILES string of the molecule is CCCOc1ccc(/C(O)=C2\C(=O)C(=O)N(c3cc(C)on3)[C@@H]2c2ccc(F)cc2)cc1. The molecule has 1 N–H and O–H groups in total. The number of ketones is 1. The highest BCUT2D eigenvalue weighted by Crippen LogP contribution is 2.42. The third kappa shape index (κ3) is 3.87. The van der Waals surface area contributed by atoms with Crippen molar-refractivity contribution in [3.8, 4) is 5.75 Å². The maximum atomic E-state index is 13.5. The van der Waals surface area contributed by atoms with Gasteiger partial charge in [-0.2, -0.15) is 0 Å². The summed E-state index contributed by atoms with van der Waals surface area (Å²) >= 11 is 0. The first-order chi connectivity index (χ1) is 15.4. The first-order valence-corrected chi connectivity index (χ1v) is 10.1. The monoisotopic (exact) mass is 436 g/mol. The Hall–Kier alpha value is -3.94. The molecule has 1 aliphatic rings. The van der Waals surface area contributed by atoms with E-state index in [-0.39, 0.29) is 17.2 Å². The topological polar surface area (TPSA) is 92.9 Å². The molecule has 0 aliphatic carbocycles. The molecule has 1 aromatic heterocycles. The van der Waals surface area contributed by atoms with Gasteiger partial charge in [0.1, 0.15) is 23.1 Å². The molecular weight excluding hydrogens is 415 g/mol. The lowest BCUT2D eigenvalue weighted by molar-refractivity contribution is -0.132. The van der Waals surface area contributed by atoms with Gasteiger partial charge >= 0.3 is 5.91 Å². The van der Waals surface area contributed by atoms with Crippen LogP contribution in [0.1, 0.15) is 36.3 Å². The molecule has 1 fully saturated rings. The first-order valence-electron chi connectivity index (χ1n) is 10.1. The highest BCUT2D eigenvalue weighted by Gasteiger charge is 2.48. The molecule has 2 aromatic carbocycles. The van der Waals surface area contributed by atoms with Gasteiger partial charge in [-0.3, -0.25) is 14.5 Å². The van der Waals surface area contributed by atoms with Gasteiger partial charge in [0.15, 0.2) is 5.82 Å². The average molecular weight is 436 g/mol. The number of nitrogens with zero attached hydrogens (tertiary/aromatic N) is 2. The van der Waals surface area contributed by atoms with Crippen LogP contribution in [0.3, 0.4) is 0 Å². The van der Waals surface area contributed by atoms with E-state index in [1.54, 1.807) is 31.2 Å². The molecule has 0 spiro atoms. The van der Waals surface area contributed by atoms with Crippen molar-refractivity contribution in [3.05, 3.63) is 82.9 Å². The number of carbonyl (C=O) groups excluding carboxylic acids is 2. The van der Waals surface area contributed by atoms with Crippen molar-refractivity contribution >= 4 is 23.3 Å². The number of rotatable bonds is 6. The zero-order chi connectivity index (χ0) is 22.8. The fraction of sp³-hybridized carbons (Fsp3) is 0.208. The molecule has 3 aromatic rings. The average Bonchev–Trinajstić information content (AvgIpc) is 3.33. The highest BCUT2D eigenvalue weighted by molar-refractivity contribution is 6.51. The summed E-state index contributed by atoms with van der Waals surface area (Å²) in [5.74, 6) is -1.35. The van der Waals surface area contributed by atoms with E-state index in [0.717, 1.165) is 11.3 Å². The van der Waals surface area contributed by atoms with Crippen LogP contribution in [0, 0.1) is 12.7 Å². The van der Waals surface area contributed by atoms with Gasteiger partial charge in [-0.1, -0.05) is 24.2 Å². The van der Waals surface area contributed by atoms with E-state index >= 15 is 0 Å². The predicted molar refractivity (Wildman–Crippen MR) is 115 cm³/mol. The Morgan fingerprint density at radius 2 is 1.84 bits per heavy atom. The number of halogens is 1. The molecule has 0 bridgehead atoms. The van der Waals surface area contributed by atoms with Crippen LogP contribution in [0.25, 0.3) is 5.76 Å². The Labute approximate surface area is 183 Å². The molecule has 7 nitrogen and oxygen atoms in total. The number of amides is 1. The van der Waals surface area contributed by atoms with Gasteiger partial charge in [0, 0.05) is 11.6 Å². The summed E-state index contributed by atoms with van der Waals surface area (Å²) in [6.07, 6.45) is 0.852. The summed E-state index contributed by atoms with van der Waals surface area (Å²) in [7, 11) is 0. The van der Waals surface area contributed by atoms with Crippen LogP contribution < -0.4 is 9.64 Å². The van der Waals surface area contributed by atoms with Crippen molar-refractivity contribution in [1.82, 2.24) is 5.16 Å². The second kappa shape index (κ2) is 8.66. The minimum atomic E-state index is -1.00. The van der Waals surface area contributed by atoms with Crippen LogP contribution in [-0.2, 0) is 9.59 Å². The second-order valence-electron chi connectivity index (χ2n) is 7.39. The van der Waals surface area contributed by atoms with E-state index in [1.807, 2.05) is 6.92 Å². The highest BCUT2D eigenvalue weighted by atomic mass is 19.1. The normalized spacial score (nSPS) is 17.7. The zero-order valence-electron chi connectivity index (χ0n) is 17.5. The van der Waals surface area contributed by atoms with E-state index in [9.17, 15) is 19.1 Å². The van der Waals surface area contributed by atoms with Crippen molar-refractivity contribution in [3.63, 3.8) is 0 Å². The van der Waals surface area contributed by atoms with Crippen LogP contribution in [-0.4, -0.2) is 28.6 Å². The summed E-state index contributed by atoms with van der Waals surface area (Å²) in [5.41, 5.74) is 0.662. The molecule has 32 heavy (non-hydrogen) atoms. The summed E-state index contributed by atoms with van der Waals surface area (Å²) in [4.78, 5) is 27.1. The Morgan fingerprint density at radius 1 is 1.16 bits per heavy atom. The number of aromatic nitrogens is 1. The molecule has 1 aliphatic heterocycles. The van der Waals surface area contributed by atoms with Crippen LogP contribution in [0.5, 0.6) is 5.75 Å². The van der Waals surface area contributed by atoms with Crippen molar-refractivity contribution in [2.45, 2.75) is 26.3 Å². The minimum Gasteiger partial charge on any atom is -0.507 e. The van der Waals surface area contributed by atoms with E-state index < -0.39 is 23.5 Å². The molecule has 2 heterocycles. The van der Waals surface area contributed by atoms with Gasteiger partial charge < -0.3 is 14.4 Å². The number of ether oxygens (including phenoxy) is 1. The summed E-state index contributed by atoms with van der Waals surface area (Å²) in [5, 5.41) is 14.9. The van der Waals surface area contributed by atoms with E-state index in [0.29, 0.717) is 29.2 Å². The predicted octanol–water partition coefficient (Wildman–Crippen LogP) is 4.54. The molecule has 4 rings (SSSR count). The summed E-state index contributed by atoms with van der Waals surface area (Å²) in [6, 6.07) is 12.4. The van der Waals surface area contributed by atoms with Crippen LogP contribution in [0.15, 0.2) is 64.7 Å². The smallest absolute Gasteiger partial charge is 0.301 e. The maximum absolute atomic E-state index is 13.5. The lowest BCUT2D eigenvalue weighted by Crippen LogP contribution is -2.29. The molecule has 0 saturated carbocycles. The minimum absolute atomic E-state index is 0.121. The fourth-order valence-corrected chi connectivity index (χ4v) is 3.58. The van der Waals surface area contributed by atoms with Crippen molar-refractivity contribution in [2.24, 2.45) is 0 Å². The first kappa shape index (κ1) is 21.3. The van der Waals surface area contributed by atoms with Crippen molar-refractivity contribution < 1.29 is 28.3 Å². The molecule has 1 saturated heterocycles. The number of benzene rings is 2. The zero-order valence-corrected chi connectivity index (χ0v) is 17.5. The van der Waals surface area contributed by atoms with Crippen molar-refractivity contribution in [2.75, 3.05) is 11.5 Å². The number of carbonyl (C=O) groups is 2. The molecular formula is C24H21FN2O5. The van der Waals surface area contributed by atoms with Crippen LogP contribution in [0.2, 0.25) is 0 Å². The van der Waals surface area contributed by atoms with E-state index in [4.69, 9.17) is 9.26 Å². The van der Waals surface area contributed by atoms with Gasteiger partial charge in [0.2, 0.25) is 0 Å². The number of aliphatic hydroxyl groups is 1. The Kier molecular flexibility index (Phi) is 5.77. The number of Topliss-reactive ketones (excluding diaryl/α,β-unsaturated/α-hetero) is 1. The molecule has 0 unspecified atom stereocenters. The Morgan fingerprint density at radius 3 is 2.44 bits per heavy atom. The quantitative estimate of drug-likeness (QED) is 0.347. The van der Waals surface area contributed by atoms with E-state index in [1.165, 1.54) is 30.3 Å². The van der Waals surface area contributed by atoms with Gasteiger partial charge in [-0.15, -0.1) is 0 Å². The van der Waals surface area contributed by atoms with Gasteiger partial charge in [-0.05, 0) is 55.3 Å². The largest absolute Gasteiger partial charge is 0.507 e. The number of aryl methyl sites for hydroxylation is 1. The summed E-state index contributed by atoms with van der Waals surface area (Å²) < 4.78 is 24.2. The van der Waals surface area contributed by atoms with Gasteiger partial charge in [0.25, 0.3) is 5.78 Å². The Balaban J connectivity index is 1.83. The standard InChI is InChI=1S/C24H21FN2O5/c1-3-12-31-18-10-6-16(7-11-18)22(28)20-21(15-4-8-17(25)9-5-15)27(24(30)23(20)29)19-13-14(2)32-26-19/h4-11,13,21,28H,3,12H2,1-2H3/b22-20+/t21-/m1/s1. The number of hydrogen-bond acceptors (Lipinski definition) is 6. The fourth-order valence-electron chi connectivity index (χ4n) is 3.58. The molecule has 1 atom stereocenters. The van der Waals surface area contributed by atoms with Crippen LogP contribution in [0.4, 0.5) is 10.2 Å². The summed E-state index contributed by atoms with van der Waals surface area (Å²) in [6.45, 7) is 4.20. The van der Waals surface area contributed by atoms with Crippen molar-refractivity contribution in [1.29, 1.82) is 0 Å². The number of aliphatic hydroxyl groups excluding tert-OH is 1. The third-order valence-electron chi connectivity index (χ3n) is 5.09. The van der Waals surface area contributed by atoms with Crippen LogP contribution >= 0.6 is 0 Å². The third-order valence-corrected chi connectivity index (χ3v) is 5.09. The number of hydrogen-bond donors (Lipinski definition) is 1. The lowest BCUT2D eigenvalue weighted by atomic mass is 9.95. The second-order valence-corrected chi connectivity index (χ2v) is 7.39.